The zero-order chi connectivity index (χ0) is 14.4. The van der Waals surface area contributed by atoms with Gasteiger partial charge < -0.3 is 10.2 Å². The number of rotatable bonds is 2. The van der Waals surface area contributed by atoms with E-state index in [1.54, 1.807) is 22.7 Å². The fourth-order valence-corrected chi connectivity index (χ4v) is 5.36. The van der Waals surface area contributed by atoms with E-state index in [0.29, 0.717) is 0 Å². The third-order valence-corrected chi connectivity index (χ3v) is 6.25. The van der Waals surface area contributed by atoms with E-state index < -0.39 is 5.66 Å². The van der Waals surface area contributed by atoms with Gasteiger partial charge in [-0.3, -0.25) is 0 Å². The number of allylic oxidation sites excluding steroid dienone is 3. The Kier molecular flexibility index (Phi) is 3.26. The minimum atomic E-state index is -0.412. The molecular formula is C15H10BrClN2S2. The van der Waals surface area contributed by atoms with Crippen LogP contribution in [0, 0.1) is 0 Å². The van der Waals surface area contributed by atoms with Gasteiger partial charge in [-0.15, -0.1) is 22.7 Å². The molecule has 0 fully saturated rings. The molecular weight excluding hydrogens is 388 g/mol. The molecule has 2 aliphatic rings. The lowest BCUT2D eigenvalue weighted by Gasteiger charge is -2.39. The van der Waals surface area contributed by atoms with Crippen LogP contribution < -0.4 is 5.32 Å². The molecule has 0 aromatic carbocycles. The van der Waals surface area contributed by atoms with E-state index in [-0.39, 0.29) is 0 Å². The van der Waals surface area contributed by atoms with Crippen molar-refractivity contribution >= 4 is 50.2 Å². The Labute approximate surface area is 144 Å². The highest BCUT2D eigenvalue weighted by Crippen LogP contribution is 2.47. The van der Waals surface area contributed by atoms with Gasteiger partial charge in [0.25, 0.3) is 0 Å². The lowest BCUT2D eigenvalue weighted by molar-refractivity contribution is 0.254. The molecule has 0 amide bonds. The molecule has 0 saturated carbocycles. The summed E-state index contributed by atoms with van der Waals surface area (Å²) in [7, 11) is 0. The fraction of sp³-hybridized carbons (Fsp3) is 0.0667. The quantitative estimate of drug-likeness (QED) is 0.755. The van der Waals surface area contributed by atoms with Crippen molar-refractivity contribution in [2.24, 2.45) is 0 Å². The summed E-state index contributed by atoms with van der Waals surface area (Å²) in [6.07, 6.45) is 6.00. The Bertz CT molecular complexity index is 725. The molecule has 0 atom stereocenters. The Morgan fingerprint density at radius 1 is 1.14 bits per heavy atom. The van der Waals surface area contributed by atoms with E-state index in [0.717, 1.165) is 15.2 Å². The Morgan fingerprint density at radius 2 is 1.81 bits per heavy atom. The third-order valence-electron chi connectivity index (χ3n) is 3.56. The first kappa shape index (κ1) is 13.6. The maximum atomic E-state index is 6.41. The van der Waals surface area contributed by atoms with Crippen LogP contribution in [0.4, 0.5) is 0 Å². The van der Waals surface area contributed by atoms with Crippen molar-refractivity contribution in [2.75, 3.05) is 0 Å². The molecule has 0 spiro atoms. The summed E-state index contributed by atoms with van der Waals surface area (Å²) in [4.78, 5) is 4.68. The maximum Gasteiger partial charge on any atom is 0.186 e. The third kappa shape index (κ3) is 1.95. The van der Waals surface area contributed by atoms with Crippen molar-refractivity contribution < 1.29 is 0 Å². The van der Waals surface area contributed by atoms with Gasteiger partial charge in [-0.2, -0.15) is 0 Å². The molecule has 106 valence electrons. The second-order valence-electron chi connectivity index (χ2n) is 4.72. The van der Waals surface area contributed by atoms with E-state index in [4.69, 9.17) is 11.6 Å². The lowest BCUT2D eigenvalue weighted by atomic mass is 10.0. The predicted molar refractivity (Wildman–Crippen MR) is 93.4 cm³/mol. The van der Waals surface area contributed by atoms with Crippen LogP contribution in [0.15, 0.2) is 68.7 Å². The van der Waals surface area contributed by atoms with Crippen LogP contribution in [0.2, 0.25) is 0 Å². The van der Waals surface area contributed by atoms with Crippen molar-refractivity contribution in [3.8, 4) is 0 Å². The number of hydrogen-bond acceptors (Lipinski definition) is 4. The molecule has 4 rings (SSSR count). The van der Waals surface area contributed by atoms with Crippen molar-refractivity contribution in [3.05, 3.63) is 78.5 Å². The lowest BCUT2D eigenvalue weighted by Crippen LogP contribution is -2.47. The van der Waals surface area contributed by atoms with Gasteiger partial charge in [-0.25, -0.2) is 0 Å². The maximum absolute atomic E-state index is 6.41. The number of fused-ring (bicyclic) bond motifs is 1. The molecule has 6 heteroatoms. The van der Waals surface area contributed by atoms with Crippen molar-refractivity contribution in [1.82, 2.24) is 10.2 Å². The van der Waals surface area contributed by atoms with Gasteiger partial charge in [0.15, 0.2) is 5.66 Å². The topological polar surface area (TPSA) is 15.3 Å². The Morgan fingerprint density at radius 3 is 2.38 bits per heavy atom. The summed E-state index contributed by atoms with van der Waals surface area (Å²) in [5, 5.41) is 8.49. The molecule has 2 aromatic heterocycles. The molecule has 0 radical (unpaired) electrons. The number of thiophene rings is 2. The zero-order valence-electron chi connectivity index (χ0n) is 10.7. The molecule has 0 unspecified atom stereocenters. The highest BCUT2D eigenvalue weighted by atomic mass is 79.9. The smallest absolute Gasteiger partial charge is 0.186 e. The highest BCUT2D eigenvalue weighted by molar-refractivity contribution is 9.11. The second kappa shape index (κ2) is 5.02. The van der Waals surface area contributed by atoms with E-state index in [2.05, 4.69) is 67.4 Å². The molecule has 2 aliphatic heterocycles. The van der Waals surface area contributed by atoms with E-state index in [1.165, 1.54) is 9.75 Å². The summed E-state index contributed by atoms with van der Waals surface area (Å²) in [5.74, 6) is 0. The minimum absolute atomic E-state index is 0.412. The van der Waals surface area contributed by atoms with Gasteiger partial charge in [-0.1, -0.05) is 23.7 Å². The van der Waals surface area contributed by atoms with Crippen LogP contribution >= 0.6 is 50.2 Å². The minimum Gasteiger partial charge on any atom is -0.358 e. The number of nitrogens with one attached hydrogen (secondary N) is 1. The normalized spacial score (nSPS) is 19.5. The zero-order valence-corrected chi connectivity index (χ0v) is 14.7. The molecule has 0 aliphatic carbocycles. The first-order chi connectivity index (χ1) is 10.2. The fourth-order valence-electron chi connectivity index (χ4n) is 2.67. The SMILES string of the molecule is ClC1=CC(Br)=CN2C1=CNC2(c1cccs1)c1cccs1. The standard InChI is InChI=1S/C15H10BrClN2S2/c16-10-7-11(17)12-8-18-15(19(12)9-10,13-3-1-5-20-13)14-4-2-6-21-14/h1-9,18H. The van der Waals surface area contributed by atoms with Gasteiger partial charge in [0.05, 0.1) is 20.5 Å². The predicted octanol–water partition coefficient (Wildman–Crippen LogP) is 5.13. The average molecular weight is 398 g/mol. The molecule has 2 nitrogen and oxygen atoms in total. The summed E-state index contributed by atoms with van der Waals surface area (Å²) in [6, 6.07) is 8.47. The monoisotopic (exact) mass is 396 g/mol. The Balaban J connectivity index is 1.94. The van der Waals surface area contributed by atoms with E-state index in [9.17, 15) is 0 Å². The van der Waals surface area contributed by atoms with E-state index in [1.807, 2.05) is 12.3 Å². The Hall–Kier alpha value is -1.01. The van der Waals surface area contributed by atoms with Crippen molar-refractivity contribution in [3.63, 3.8) is 0 Å². The largest absolute Gasteiger partial charge is 0.358 e. The first-order valence-corrected chi connectivity index (χ1v) is 9.25. The van der Waals surface area contributed by atoms with Crippen LogP contribution in [-0.4, -0.2) is 4.90 Å². The van der Waals surface area contributed by atoms with Crippen molar-refractivity contribution in [1.29, 1.82) is 0 Å². The molecule has 0 saturated heterocycles. The number of hydrogen-bond donors (Lipinski definition) is 1. The molecule has 21 heavy (non-hydrogen) atoms. The van der Waals surface area contributed by atoms with Crippen LogP contribution in [0.3, 0.4) is 0 Å². The van der Waals surface area contributed by atoms with Gasteiger partial charge in [-0.05, 0) is 44.9 Å². The molecule has 1 N–H and O–H groups in total. The van der Waals surface area contributed by atoms with Gasteiger partial charge >= 0.3 is 0 Å². The van der Waals surface area contributed by atoms with E-state index >= 15 is 0 Å². The molecule has 2 aromatic rings. The molecule has 0 bridgehead atoms. The van der Waals surface area contributed by atoms with Crippen LogP contribution in [0.5, 0.6) is 0 Å². The molecule has 4 heterocycles. The average Bonchev–Trinajstić information content (AvgIpc) is 3.19. The highest BCUT2D eigenvalue weighted by Gasteiger charge is 2.47. The van der Waals surface area contributed by atoms with Crippen molar-refractivity contribution in [2.45, 2.75) is 5.66 Å². The number of halogens is 2. The van der Waals surface area contributed by atoms with Gasteiger partial charge in [0, 0.05) is 16.9 Å². The first-order valence-electron chi connectivity index (χ1n) is 6.32. The summed E-state index contributed by atoms with van der Waals surface area (Å²) >= 11 is 13.4. The van der Waals surface area contributed by atoms with Gasteiger partial charge in [0.1, 0.15) is 0 Å². The van der Waals surface area contributed by atoms with Crippen LogP contribution in [0.25, 0.3) is 0 Å². The summed E-state index contributed by atoms with van der Waals surface area (Å²) < 4.78 is 0.964. The number of nitrogens with zero attached hydrogens (tertiary/aromatic N) is 1. The second-order valence-corrected chi connectivity index (χ2v) is 7.93. The summed E-state index contributed by atoms with van der Waals surface area (Å²) in [6.45, 7) is 0. The van der Waals surface area contributed by atoms with Crippen LogP contribution in [-0.2, 0) is 5.66 Å². The van der Waals surface area contributed by atoms with Crippen LogP contribution in [0.1, 0.15) is 9.75 Å². The van der Waals surface area contributed by atoms with Gasteiger partial charge in [0.2, 0.25) is 0 Å². The summed E-state index contributed by atoms with van der Waals surface area (Å²) in [5.41, 5.74) is 0.576.